The summed E-state index contributed by atoms with van der Waals surface area (Å²) in [5, 5.41) is 0. The molecule has 1 aliphatic carbocycles. The van der Waals surface area contributed by atoms with Crippen molar-refractivity contribution in [3.63, 3.8) is 0 Å². The van der Waals surface area contributed by atoms with Crippen LogP contribution in [-0.2, 0) is 10.0 Å². The Bertz CT molecular complexity index is 400. The van der Waals surface area contributed by atoms with E-state index in [9.17, 15) is 8.42 Å². The van der Waals surface area contributed by atoms with Gasteiger partial charge in [-0.05, 0) is 39.5 Å². The number of hydrogen-bond acceptors (Lipinski definition) is 3. The third-order valence-electron chi connectivity index (χ3n) is 4.33. The van der Waals surface area contributed by atoms with Gasteiger partial charge in [-0.15, -0.1) is 0 Å². The van der Waals surface area contributed by atoms with Gasteiger partial charge in [-0.2, -0.15) is 4.31 Å². The molecule has 0 aromatic rings. The van der Waals surface area contributed by atoms with E-state index in [-0.39, 0.29) is 5.54 Å². The Morgan fingerprint density at radius 2 is 1.95 bits per heavy atom. The summed E-state index contributed by atoms with van der Waals surface area (Å²) in [6.45, 7) is 10.3. The van der Waals surface area contributed by atoms with Crippen molar-refractivity contribution >= 4 is 10.0 Å². The Balaban J connectivity index is 3.20. The van der Waals surface area contributed by atoms with Crippen molar-refractivity contribution in [1.29, 1.82) is 0 Å². The maximum atomic E-state index is 12.8. The second-order valence-electron chi connectivity index (χ2n) is 6.91. The first-order valence-electron chi connectivity index (χ1n) is 7.33. The van der Waals surface area contributed by atoms with E-state index < -0.39 is 14.8 Å². The zero-order chi connectivity index (χ0) is 14.9. The van der Waals surface area contributed by atoms with Crippen molar-refractivity contribution in [3.8, 4) is 0 Å². The highest BCUT2D eigenvalue weighted by Gasteiger charge is 2.47. The summed E-state index contributed by atoms with van der Waals surface area (Å²) >= 11 is 0. The van der Waals surface area contributed by atoms with Crippen molar-refractivity contribution in [3.05, 3.63) is 0 Å². The topological polar surface area (TPSA) is 63.4 Å². The van der Waals surface area contributed by atoms with Gasteiger partial charge in [0.15, 0.2) is 0 Å². The van der Waals surface area contributed by atoms with Gasteiger partial charge in [0.05, 0.1) is 4.75 Å². The molecule has 0 aromatic heterocycles. The molecule has 1 aliphatic rings. The molecule has 1 saturated carbocycles. The third kappa shape index (κ3) is 3.14. The van der Waals surface area contributed by atoms with Gasteiger partial charge in [-0.1, -0.05) is 26.7 Å². The minimum absolute atomic E-state index is 0.376. The van der Waals surface area contributed by atoms with Crippen molar-refractivity contribution < 1.29 is 8.42 Å². The molecule has 0 radical (unpaired) electrons. The van der Waals surface area contributed by atoms with E-state index >= 15 is 0 Å². The molecule has 114 valence electrons. The summed E-state index contributed by atoms with van der Waals surface area (Å²) in [6, 6.07) is 0. The SMILES string of the molecule is CCN(C1(CN)CCCC(C)C1)S(=O)(=O)C(C)(C)C. The summed E-state index contributed by atoms with van der Waals surface area (Å²) in [5.74, 6) is 0.543. The average molecular weight is 290 g/mol. The zero-order valence-corrected chi connectivity index (χ0v) is 13.9. The molecule has 1 fully saturated rings. The Labute approximate surface area is 118 Å². The molecule has 0 saturated heterocycles. The zero-order valence-electron chi connectivity index (χ0n) is 13.1. The maximum absolute atomic E-state index is 12.8. The fraction of sp³-hybridized carbons (Fsp3) is 1.00. The first-order chi connectivity index (χ1) is 8.60. The predicted molar refractivity (Wildman–Crippen MR) is 80.5 cm³/mol. The molecule has 0 aliphatic heterocycles. The monoisotopic (exact) mass is 290 g/mol. The van der Waals surface area contributed by atoms with Crippen LogP contribution in [0.2, 0.25) is 0 Å². The van der Waals surface area contributed by atoms with E-state index in [1.807, 2.05) is 6.92 Å². The van der Waals surface area contributed by atoms with Crippen LogP contribution in [0.5, 0.6) is 0 Å². The lowest BCUT2D eigenvalue weighted by Crippen LogP contribution is -2.61. The molecule has 2 atom stereocenters. The second kappa shape index (κ2) is 5.70. The number of nitrogens with zero attached hydrogens (tertiary/aromatic N) is 1. The highest BCUT2D eigenvalue weighted by atomic mass is 32.2. The summed E-state index contributed by atoms with van der Waals surface area (Å²) in [7, 11) is -3.33. The fourth-order valence-corrected chi connectivity index (χ4v) is 4.99. The number of sulfonamides is 1. The first-order valence-corrected chi connectivity index (χ1v) is 8.77. The van der Waals surface area contributed by atoms with Crippen molar-refractivity contribution in [2.45, 2.75) is 70.6 Å². The Morgan fingerprint density at radius 3 is 2.32 bits per heavy atom. The van der Waals surface area contributed by atoms with Gasteiger partial charge in [-0.3, -0.25) is 0 Å². The van der Waals surface area contributed by atoms with E-state index in [4.69, 9.17) is 5.73 Å². The van der Waals surface area contributed by atoms with E-state index in [2.05, 4.69) is 6.92 Å². The largest absolute Gasteiger partial charge is 0.329 e. The van der Waals surface area contributed by atoms with Gasteiger partial charge in [0, 0.05) is 18.6 Å². The number of hydrogen-bond donors (Lipinski definition) is 1. The molecule has 2 unspecified atom stereocenters. The molecule has 19 heavy (non-hydrogen) atoms. The van der Waals surface area contributed by atoms with Gasteiger partial charge in [-0.25, -0.2) is 8.42 Å². The Hall–Kier alpha value is -0.130. The minimum Gasteiger partial charge on any atom is -0.329 e. The van der Waals surface area contributed by atoms with Crippen LogP contribution in [0.15, 0.2) is 0 Å². The van der Waals surface area contributed by atoms with Gasteiger partial charge in [0.2, 0.25) is 10.0 Å². The molecule has 5 heteroatoms. The fourth-order valence-electron chi connectivity index (χ4n) is 3.24. The lowest BCUT2D eigenvalue weighted by atomic mass is 9.76. The van der Waals surface area contributed by atoms with Crippen LogP contribution in [0.1, 0.15) is 60.3 Å². The van der Waals surface area contributed by atoms with E-state index in [0.29, 0.717) is 19.0 Å². The van der Waals surface area contributed by atoms with Gasteiger partial charge < -0.3 is 5.73 Å². The summed E-state index contributed by atoms with van der Waals surface area (Å²) in [5.41, 5.74) is 5.63. The smallest absolute Gasteiger partial charge is 0.219 e. The third-order valence-corrected chi connectivity index (χ3v) is 7.10. The molecule has 0 aromatic carbocycles. The van der Waals surface area contributed by atoms with Crippen LogP contribution in [0.25, 0.3) is 0 Å². The Kier molecular flexibility index (Phi) is 5.08. The number of likely N-dealkylation sites (N-methyl/N-ethyl adjacent to an activating group) is 1. The highest BCUT2D eigenvalue weighted by molar-refractivity contribution is 7.90. The van der Waals surface area contributed by atoms with Crippen LogP contribution >= 0.6 is 0 Å². The van der Waals surface area contributed by atoms with Gasteiger partial charge >= 0.3 is 0 Å². The molecule has 1 rings (SSSR count). The van der Waals surface area contributed by atoms with Gasteiger partial charge in [0.1, 0.15) is 0 Å². The molecule has 0 heterocycles. The summed E-state index contributed by atoms with van der Waals surface area (Å²) in [4.78, 5) is 0. The van der Waals surface area contributed by atoms with Crippen LogP contribution in [0.3, 0.4) is 0 Å². The molecule has 4 nitrogen and oxygen atoms in total. The summed E-state index contributed by atoms with van der Waals surface area (Å²) < 4.78 is 26.6. The Morgan fingerprint density at radius 1 is 1.37 bits per heavy atom. The van der Waals surface area contributed by atoms with Crippen LogP contribution in [-0.4, -0.2) is 36.1 Å². The van der Waals surface area contributed by atoms with Gasteiger partial charge in [0.25, 0.3) is 0 Å². The van der Waals surface area contributed by atoms with Crippen LogP contribution in [0.4, 0.5) is 0 Å². The van der Waals surface area contributed by atoms with Crippen LogP contribution < -0.4 is 5.73 Å². The van der Waals surface area contributed by atoms with E-state index in [1.165, 1.54) is 6.42 Å². The molecule has 0 bridgehead atoms. The average Bonchev–Trinajstić information content (AvgIpc) is 2.28. The second-order valence-corrected chi connectivity index (χ2v) is 9.53. The minimum atomic E-state index is -3.33. The maximum Gasteiger partial charge on any atom is 0.219 e. The van der Waals surface area contributed by atoms with Crippen molar-refractivity contribution in [2.75, 3.05) is 13.1 Å². The number of rotatable bonds is 4. The van der Waals surface area contributed by atoms with Crippen LogP contribution in [0, 0.1) is 5.92 Å². The van der Waals surface area contributed by atoms with E-state index in [0.717, 1.165) is 19.3 Å². The summed E-state index contributed by atoms with van der Waals surface area (Å²) in [6.07, 6.45) is 4.01. The lowest BCUT2D eigenvalue weighted by Gasteiger charge is -2.48. The molecule has 0 amide bonds. The molecular formula is C14H30N2O2S. The van der Waals surface area contributed by atoms with Crippen molar-refractivity contribution in [1.82, 2.24) is 4.31 Å². The standard InChI is InChI=1S/C14H30N2O2S/c1-6-16(19(17,18)13(3,4)5)14(11-15)9-7-8-12(2)10-14/h12H,6-11,15H2,1-5H3. The predicted octanol–water partition coefficient (Wildman–Crippen LogP) is 2.34. The molecular weight excluding hydrogens is 260 g/mol. The normalized spacial score (nSPS) is 29.7. The molecule has 2 N–H and O–H groups in total. The van der Waals surface area contributed by atoms with Crippen molar-refractivity contribution in [2.24, 2.45) is 11.7 Å². The molecule has 0 spiro atoms. The quantitative estimate of drug-likeness (QED) is 0.864. The first kappa shape index (κ1) is 16.9. The highest BCUT2D eigenvalue weighted by Crippen LogP contribution is 2.39. The van der Waals surface area contributed by atoms with E-state index in [1.54, 1.807) is 25.1 Å². The lowest BCUT2D eigenvalue weighted by molar-refractivity contribution is 0.110. The number of nitrogens with two attached hydrogens (primary N) is 1.